The maximum atomic E-state index is 13.4. The largest absolute Gasteiger partial charge is 0.367 e. The fourth-order valence-corrected chi connectivity index (χ4v) is 4.60. The number of aryl methyl sites for hydroxylation is 1. The SMILES string of the molecule is Cc1nc(-c2ccccc2)ncc1Cn1nc2c(-c3ccc(Cl)cc3)c(-c3ccc(Cl)cc3)cnn2c1=O. The molecule has 6 aromatic rings. The lowest BCUT2D eigenvalue weighted by atomic mass is 9.97. The van der Waals surface area contributed by atoms with E-state index in [2.05, 4.69) is 15.1 Å². The van der Waals surface area contributed by atoms with Crippen LogP contribution in [0.2, 0.25) is 10.0 Å². The van der Waals surface area contributed by atoms with Crippen LogP contribution in [0.4, 0.5) is 0 Å². The fourth-order valence-electron chi connectivity index (χ4n) is 4.35. The van der Waals surface area contributed by atoms with Crippen LogP contribution in [0.5, 0.6) is 0 Å². The number of aromatic nitrogens is 6. The van der Waals surface area contributed by atoms with E-state index in [4.69, 9.17) is 28.3 Å². The van der Waals surface area contributed by atoms with Crippen molar-refractivity contribution in [3.63, 3.8) is 0 Å². The molecule has 0 spiro atoms. The minimum absolute atomic E-state index is 0.208. The number of hydrogen-bond donors (Lipinski definition) is 0. The van der Waals surface area contributed by atoms with Crippen molar-refractivity contribution in [1.82, 2.24) is 29.4 Å². The molecule has 0 N–H and O–H groups in total. The van der Waals surface area contributed by atoms with Gasteiger partial charge < -0.3 is 0 Å². The van der Waals surface area contributed by atoms with E-state index < -0.39 is 0 Å². The molecule has 6 rings (SSSR count). The Labute approximate surface area is 228 Å². The van der Waals surface area contributed by atoms with E-state index in [1.807, 2.05) is 85.8 Å². The van der Waals surface area contributed by atoms with Gasteiger partial charge in [-0.3, -0.25) is 0 Å². The Hall–Kier alpha value is -4.33. The molecule has 0 radical (unpaired) electrons. The molecule has 0 unspecified atom stereocenters. The third kappa shape index (κ3) is 4.47. The van der Waals surface area contributed by atoms with Gasteiger partial charge >= 0.3 is 5.69 Å². The molecule has 38 heavy (non-hydrogen) atoms. The molecule has 0 atom stereocenters. The summed E-state index contributed by atoms with van der Waals surface area (Å²) in [6, 6.07) is 24.7. The molecule has 3 aromatic carbocycles. The third-order valence-corrected chi connectivity index (χ3v) is 6.84. The quantitative estimate of drug-likeness (QED) is 0.255. The van der Waals surface area contributed by atoms with Gasteiger partial charge in [-0.15, -0.1) is 5.10 Å². The van der Waals surface area contributed by atoms with Gasteiger partial charge in [0.15, 0.2) is 11.5 Å². The van der Waals surface area contributed by atoms with Crippen LogP contribution in [-0.2, 0) is 6.54 Å². The Bertz CT molecular complexity index is 1830. The molecule has 0 amide bonds. The Kier molecular flexibility index (Phi) is 6.23. The molecule has 186 valence electrons. The van der Waals surface area contributed by atoms with Crippen molar-refractivity contribution in [2.75, 3.05) is 0 Å². The molecule has 0 fully saturated rings. The van der Waals surface area contributed by atoms with Gasteiger partial charge in [-0.05, 0) is 42.3 Å². The van der Waals surface area contributed by atoms with E-state index in [1.165, 1.54) is 9.20 Å². The first kappa shape index (κ1) is 24.0. The topological polar surface area (TPSA) is 78.0 Å². The van der Waals surface area contributed by atoms with Gasteiger partial charge in [0.25, 0.3) is 0 Å². The van der Waals surface area contributed by atoms with Crippen LogP contribution in [-0.4, -0.2) is 29.4 Å². The zero-order valence-corrected chi connectivity index (χ0v) is 21.7. The molecular weight excluding hydrogens is 519 g/mol. The van der Waals surface area contributed by atoms with Crippen LogP contribution in [0.1, 0.15) is 11.3 Å². The molecule has 3 heterocycles. The number of hydrogen-bond acceptors (Lipinski definition) is 5. The van der Waals surface area contributed by atoms with Crippen LogP contribution in [0.3, 0.4) is 0 Å². The molecule has 0 aliphatic heterocycles. The average Bonchev–Trinajstić information content (AvgIpc) is 3.26. The van der Waals surface area contributed by atoms with Crippen molar-refractivity contribution < 1.29 is 0 Å². The molecule has 3 aromatic heterocycles. The molecule has 0 saturated heterocycles. The van der Waals surface area contributed by atoms with Gasteiger partial charge in [0, 0.05) is 44.2 Å². The predicted octanol–water partition coefficient (Wildman–Crippen LogP) is 6.35. The second-order valence-electron chi connectivity index (χ2n) is 8.79. The monoisotopic (exact) mass is 538 g/mol. The summed E-state index contributed by atoms with van der Waals surface area (Å²) < 4.78 is 2.71. The van der Waals surface area contributed by atoms with Crippen molar-refractivity contribution in [3.05, 3.63) is 123 Å². The van der Waals surface area contributed by atoms with Gasteiger partial charge in [-0.2, -0.15) is 9.61 Å². The second-order valence-corrected chi connectivity index (χ2v) is 9.67. The van der Waals surface area contributed by atoms with Gasteiger partial charge in [0.1, 0.15) is 0 Å². The summed E-state index contributed by atoms with van der Waals surface area (Å²) in [6.07, 6.45) is 3.42. The summed E-state index contributed by atoms with van der Waals surface area (Å²) in [6.45, 7) is 2.11. The normalized spacial score (nSPS) is 11.2. The van der Waals surface area contributed by atoms with Crippen molar-refractivity contribution in [1.29, 1.82) is 0 Å². The summed E-state index contributed by atoms with van der Waals surface area (Å²) in [4.78, 5) is 22.6. The highest BCUT2D eigenvalue weighted by molar-refractivity contribution is 6.31. The number of fused-ring (bicyclic) bond motifs is 1. The predicted molar refractivity (Wildman–Crippen MR) is 149 cm³/mol. The highest BCUT2D eigenvalue weighted by Crippen LogP contribution is 2.35. The summed E-state index contributed by atoms with van der Waals surface area (Å²) >= 11 is 12.3. The second kappa shape index (κ2) is 9.85. The van der Waals surface area contributed by atoms with E-state index >= 15 is 0 Å². The van der Waals surface area contributed by atoms with Crippen molar-refractivity contribution in [3.8, 4) is 33.6 Å². The standard InChI is InChI=1S/C29H20Cl2N6O/c1-18-22(15-32-27(34-18)21-5-3-2-4-6-21)17-36-29(38)37-28(35-36)26(20-9-13-24(31)14-10-20)25(16-33-37)19-7-11-23(30)12-8-19/h2-16H,17H2,1H3. The molecule has 0 aliphatic rings. The molecule has 0 aliphatic carbocycles. The Morgan fingerprint density at radius 3 is 2.11 bits per heavy atom. The Morgan fingerprint density at radius 2 is 1.45 bits per heavy atom. The molecule has 0 saturated carbocycles. The van der Waals surface area contributed by atoms with E-state index in [0.717, 1.165) is 39.1 Å². The first-order valence-corrected chi connectivity index (χ1v) is 12.6. The number of nitrogens with zero attached hydrogens (tertiary/aromatic N) is 6. The Morgan fingerprint density at radius 1 is 0.789 bits per heavy atom. The lowest BCUT2D eigenvalue weighted by Gasteiger charge is -2.11. The van der Waals surface area contributed by atoms with Crippen LogP contribution < -0.4 is 5.69 Å². The highest BCUT2D eigenvalue weighted by Gasteiger charge is 2.19. The van der Waals surface area contributed by atoms with Crippen molar-refractivity contribution in [2.45, 2.75) is 13.5 Å². The number of halogens is 2. The Balaban J connectivity index is 1.47. The van der Waals surface area contributed by atoms with Crippen LogP contribution in [0.15, 0.2) is 96.1 Å². The van der Waals surface area contributed by atoms with Crippen LogP contribution in [0, 0.1) is 6.92 Å². The molecule has 7 nitrogen and oxygen atoms in total. The summed E-state index contributed by atoms with van der Waals surface area (Å²) in [7, 11) is 0. The van der Waals surface area contributed by atoms with Gasteiger partial charge in [-0.1, -0.05) is 77.8 Å². The average molecular weight is 539 g/mol. The maximum Gasteiger partial charge on any atom is 0.367 e. The van der Waals surface area contributed by atoms with Gasteiger partial charge in [-0.25, -0.2) is 19.4 Å². The van der Waals surface area contributed by atoms with Gasteiger partial charge in [0.2, 0.25) is 0 Å². The lowest BCUT2D eigenvalue weighted by Crippen LogP contribution is -2.23. The minimum Gasteiger partial charge on any atom is -0.244 e. The maximum absolute atomic E-state index is 13.4. The van der Waals surface area contributed by atoms with Crippen LogP contribution >= 0.6 is 23.2 Å². The summed E-state index contributed by atoms with van der Waals surface area (Å²) in [5.41, 5.74) is 5.92. The zero-order valence-electron chi connectivity index (χ0n) is 20.2. The lowest BCUT2D eigenvalue weighted by molar-refractivity contribution is 0.643. The zero-order chi connectivity index (χ0) is 26.2. The van der Waals surface area contributed by atoms with E-state index in [9.17, 15) is 4.79 Å². The van der Waals surface area contributed by atoms with Crippen LogP contribution in [0.25, 0.3) is 39.3 Å². The first-order chi connectivity index (χ1) is 18.5. The molecule has 9 heteroatoms. The van der Waals surface area contributed by atoms with E-state index in [-0.39, 0.29) is 12.2 Å². The van der Waals surface area contributed by atoms with E-state index in [0.29, 0.717) is 21.5 Å². The molecule has 0 bridgehead atoms. The first-order valence-electron chi connectivity index (χ1n) is 11.9. The third-order valence-electron chi connectivity index (χ3n) is 6.33. The van der Waals surface area contributed by atoms with Gasteiger partial charge in [0.05, 0.1) is 12.7 Å². The smallest absolute Gasteiger partial charge is 0.244 e. The number of benzene rings is 3. The summed E-state index contributed by atoms with van der Waals surface area (Å²) in [5.74, 6) is 0.633. The van der Waals surface area contributed by atoms with E-state index in [1.54, 1.807) is 12.4 Å². The van der Waals surface area contributed by atoms with Crippen molar-refractivity contribution >= 4 is 28.8 Å². The minimum atomic E-state index is -0.357. The number of rotatable bonds is 5. The van der Waals surface area contributed by atoms with Crippen molar-refractivity contribution in [2.24, 2.45) is 0 Å². The molecular formula is C29H20Cl2N6O. The fraction of sp³-hybridized carbons (Fsp3) is 0.0690. The highest BCUT2D eigenvalue weighted by atomic mass is 35.5. The summed E-state index contributed by atoms with van der Waals surface area (Å²) in [5, 5.41) is 10.4.